The van der Waals surface area contributed by atoms with E-state index in [4.69, 9.17) is 0 Å². The minimum atomic E-state index is -3.53. The van der Waals surface area contributed by atoms with Gasteiger partial charge in [-0.05, 0) is 56.4 Å². The van der Waals surface area contributed by atoms with Crippen LogP contribution in [-0.2, 0) is 10.0 Å². The van der Waals surface area contributed by atoms with E-state index < -0.39 is 10.0 Å². The van der Waals surface area contributed by atoms with Gasteiger partial charge in [-0.1, -0.05) is 6.07 Å². The summed E-state index contributed by atoms with van der Waals surface area (Å²) in [6, 6.07) is 16.1. The topological polar surface area (TPSA) is 114 Å². The zero-order valence-corrected chi connectivity index (χ0v) is 17.8. The third kappa shape index (κ3) is 4.71. The lowest BCUT2D eigenvalue weighted by molar-refractivity contribution is 0.588. The number of hydrogen-bond donors (Lipinski definition) is 3. The van der Waals surface area contributed by atoms with E-state index in [1.165, 1.54) is 25.5 Å². The molecule has 31 heavy (non-hydrogen) atoms. The first-order valence-corrected chi connectivity index (χ1v) is 10.9. The maximum atomic E-state index is 12.0. The number of nitrogens with one attached hydrogen (secondary N) is 3. The summed E-state index contributed by atoms with van der Waals surface area (Å²) in [4.78, 5) is 12.9. The van der Waals surface area contributed by atoms with Crippen LogP contribution in [0.5, 0.6) is 0 Å². The van der Waals surface area contributed by atoms with Gasteiger partial charge in [-0.25, -0.2) is 28.1 Å². The van der Waals surface area contributed by atoms with Crippen LogP contribution in [0.2, 0.25) is 0 Å². The van der Waals surface area contributed by atoms with Crippen molar-refractivity contribution in [1.29, 1.82) is 0 Å². The summed E-state index contributed by atoms with van der Waals surface area (Å²) < 4.78 is 28.3. The third-order valence-electron chi connectivity index (χ3n) is 4.60. The summed E-state index contributed by atoms with van der Waals surface area (Å²) in [5.74, 6) is 2.05. The summed E-state index contributed by atoms with van der Waals surface area (Å²) >= 11 is 0. The van der Waals surface area contributed by atoms with Gasteiger partial charge in [-0.3, -0.25) is 0 Å². The van der Waals surface area contributed by atoms with E-state index in [1.807, 2.05) is 42.0 Å². The van der Waals surface area contributed by atoms with E-state index in [1.54, 1.807) is 24.4 Å². The average Bonchev–Trinajstić information content (AvgIpc) is 3.20. The Balaban J connectivity index is 1.49. The first-order valence-electron chi connectivity index (χ1n) is 9.45. The van der Waals surface area contributed by atoms with Crippen molar-refractivity contribution in [2.45, 2.75) is 11.8 Å². The van der Waals surface area contributed by atoms with Crippen molar-refractivity contribution in [3.63, 3.8) is 0 Å². The van der Waals surface area contributed by atoms with Crippen molar-refractivity contribution in [3.05, 3.63) is 79.1 Å². The molecule has 4 aromatic rings. The summed E-state index contributed by atoms with van der Waals surface area (Å²) in [6.07, 6.45) is 5.11. The molecule has 2 aromatic carbocycles. The van der Waals surface area contributed by atoms with Crippen molar-refractivity contribution in [3.8, 4) is 5.69 Å². The molecule has 9 nitrogen and oxygen atoms in total. The fraction of sp³-hybridized carbons (Fsp3) is 0.0952. The van der Waals surface area contributed by atoms with Crippen LogP contribution in [0.15, 0.2) is 78.2 Å². The van der Waals surface area contributed by atoms with Crippen molar-refractivity contribution < 1.29 is 8.42 Å². The lowest BCUT2D eigenvalue weighted by atomic mass is 10.2. The van der Waals surface area contributed by atoms with Gasteiger partial charge in [0.15, 0.2) is 0 Å². The van der Waals surface area contributed by atoms with Gasteiger partial charge in [0.05, 0.1) is 4.90 Å². The molecule has 0 aliphatic carbocycles. The molecule has 0 saturated carbocycles. The number of benzene rings is 2. The van der Waals surface area contributed by atoms with E-state index in [-0.39, 0.29) is 4.90 Å². The zero-order valence-electron chi connectivity index (χ0n) is 16.9. The highest BCUT2D eigenvalue weighted by Gasteiger charge is 2.11. The lowest BCUT2D eigenvalue weighted by Crippen LogP contribution is -2.18. The molecule has 0 spiro atoms. The molecule has 0 unspecified atom stereocenters. The first kappa shape index (κ1) is 20.5. The van der Waals surface area contributed by atoms with Crippen LogP contribution in [0.4, 0.5) is 23.0 Å². The molecule has 0 saturated heterocycles. The molecule has 3 N–H and O–H groups in total. The number of rotatable bonds is 7. The van der Waals surface area contributed by atoms with Gasteiger partial charge in [0.1, 0.15) is 23.8 Å². The summed E-state index contributed by atoms with van der Waals surface area (Å²) in [6.45, 7) is 1.95. The standard InChI is InChI=1S/C21H21N7O2S/c1-15-23-10-11-28(15)18-8-6-16(7-9-18)26-20-13-21(25-14-24-20)27-17-4-3-5-19(12-17)31(29,30)22-2/h3-14,22H,1-2H3,(H2,24,25,26,27). The minimum Gasteiger partial charge on any atom is -0.340 e. The number of imidazole rings is 1. The monoisotopic (exact) mass is 435 g/mol. The molecule has 158 valence electrons. The molecule has 0 radical (unpaired) electrons. The van der Waals surface area contributed by atoms with Crippen molar-refractivity contribution in [2.75, 3.05) is 17.7 Å². The van der Waals surface area contributed by atoms with Crippen molar-refractivity contribution in [2.24, 2.45) is 0 Å². The Morgan fingerprint density at radius 2 is 1.58 bits per heavy atom. The van der Waals surface area contributed by atoms with E-state index in [2.05, 4.69) is 30.3 Å². The lowest BCUT2D eigenvalue weighted by Gasteiger charge is -2.11. The fourth-order valence-electron chi connectivity index (χ4n) is 3.00. The normalized spacial score (nSPS) is 11.3. The smallest absolute Gasteiger partial charge is 0.240 e. The molecule has 0 bridgehead atoms. The zero-order chi connectivity index (χ0) is 21.8. The maximum absolute atomic E-state index is 12.0. The largest absolute Gasteiger partial charge is 0.340 e. The molecule has 2 heterocycles. The van der Waals surface area contributed by atoms with Gasteiger partial charge in [-0.15, -0.1) is 0 Å². The van der Waals surface area contributed by atoms with Gasteiger partial charge < -0.3 is 15.2 Å². The molecule has 4 rings (SSSR count). The molecule has 0 aliphatic rings. The Hall–Kier alpha value is -3.76. The van der Waals surface area contributed by atoms with E-state index in [9.17, 15) is 8.42 Å². The second kappa shape index (κ2) is 8.54. The second-order valence-corrected chi connectivity index (χ2v) is 8.55. The summed E-state index contributed by atoms with van der Waals surface area (Å²) in [5, 5.41) is 6.35. The molecule has 0 amide bonds. The van der Waals surface area contributed by atoms with Crippen LogP contribution in [0.1, 0.15) is 5.82 Å². The Kier molecular flexibility index (Phi) is 5.65. The Morgan fingerprint density at radius 1 is 0.871 bits per heavy atom. The number of sulfonamides is 1. The van der Waals surface area contributed by atoms with Crippen LogP contribution in [-0.4, -0.2) is 35.0 Å². The number of hydrogen-bond acceptors (Lipinski definition) is 7. The quantitative estimate of drug-likeness (QED) is 0.408. The molecule has 2 aromatic heterocycles. The molecular weight excluding hydrogens is 414 g/mol. The van der Waals surface area contributed by atoms with Crippen LogP contribution >= 0.6 is 0 Å². The predicted molar refractivity (Wildman–Crippen MR) is 120 cm³/mol. The predicted octanol–water partition coefficient (Wildman–Crippen LogP) is 3.37. The highest BCUT2D eigenvalue weighted by atomic mass is 32.2. The molecular formula is C21H21N7O2S. The number of nitrogens with zero attached hydrogens (tertiary/aromatic N) is 4. The van der Waals surface area contributed by atoms with Gasteiger partial charge in [0, 0.05) is 35.5 Å². The fourth-order valence-corrected chi connectivity index (χ4v) is 3.78. The SMILES string of the molecule is CNS(=O)(=O)c1cccc(Nc2cc(Nc3ccc(-n4ccnc4C)cc3)ncn2)c1. The summed E-state index contributed by atoms with van der Waals surface area (Å²) in [5.41, 5.74) is 2.48. The molecule has 10 heteroatoms. The van der Waals surface area contributed by atoms with Gasteiger partial charge >= 0.3 is 0 Å². The van der Waals surface area contributed by atoms with Gasteiger partial charge in [-0.2, -0.15) is 0 Å². The number of anilines is 4. The minimum absolute atomic E-state index is 0.167. The van der Waals surface area contributed by atoms with E-state index in [0.29, 0.717) is 17.3 Å². The number of aromatic nitrogens is 4. The first-order chi connectivity index (χ1) is 14.9. The summed E-state index contributed by atoms with van der Waals surface area (Å²) in [7, 11) is -2.15. The highest BCUT2D eigenvalue weighted by molar-refractivity contribution is 7.89. The van der Waals surface area contributed by atoms with Crippen LogP contribution in [0.25, 0.3) is 5.69 Å². The van der Waals surface area contributed by atoms with E-state index >= 15 is 0 Å². The molecule has 0 aliphatic heterocycles. The van der Waals surface area contributed by atoms with E-state index in [0.717, 1.165) is 17.2 Å². The van der Waals surface area contributed by atoms with Crippen LogP contribution in [0.3, 0.4) is 0 Å². The third-order valence-corrected chi connectivity index (χ3v) is 6.01. The Bertz CT molecular complexity index is 1300. The Labute approximate surface area is 180 Å². The van der Waals surface area contributed by atoms with Crippen molar-refractivity contribution in [1.82, 2.24) is 24.2 Å². The second-order valence-electron chi connectivity index (χ2n) is 6.67. The number of aryl methyl sites for hydroxylation is 1. The van der Waals surface area contributed by atoms with Crippen LogP contribution < -0.4 is 15.4 Å². The van der Waals surface area contributed by atoms with Crippen LogP contribution in [0, 0.1) is 6.92 Å². The maximum Gasteiger partial charge on any atom is 0.240 e. The average molecular weight is 436 g/mol. The Morgan fingerprint density at radius 3 is 2.23 bits per heavy atom. The highest BCUT2D eigenvalue weighted by Crippen LogP contribution is 2.22. The van der Waals surface area contributed by atoms with Gasteiger partial charge in [0.2, 0.25) is 10.0 Å². The molecule has 0 atom stereocenters. The van der Waals surface area contributed by atoms with Crippen molar-refractivity contribution >= 4 is 33.0 Å². The van der Waals surface area contributed by atoms with Gasteiger partial charge in [0.25, 0.3) is 0 Å². The molecule has 0 fully saturated rings.